The summed E-state index contributed by atoms with van der Waals surface area (Å²) in [5, 5.41) is 6.61. The first-order chi connectivity index (χ1) is 7.25. The fraction of sp³-hybridized carbons (Fsp3) is 0.364. The van der Waals surface area contributed by atoms with Gasteiger partial charge in [0, 0.05) is 23.5 Å². The van der Waals surface area contributed by atoms with Crippen LogP contribution in [0.3, 0.4) is 0 Å². The summed E-state index contributed by atoms with van der Waals surface area (Å²) in [6.07, 6.45) is 3.45. The molecule has 0 radical (unpaired) electrons. The average Bonchev–Trinajstić information content (AvgIpc) is 2.84. The summed E-state index contributed by atoms with van der Waals surface area (Å²) < 4.78 is 5.00. The van der Waals surface area contributed by atoms with Crippen molar-refractivity contribution in [2.45, 2.75) is 26.4 Å². The van der Waals surface area contributed by atoms with E-state index in [-0.39, 0.29) is 6.04 Å². The van der Waals surface area contributed by atoms with Crippen molar-refractivity contribution in [1.29, 1.82) is 0 Å². The van der Waals surface area contributed by atoms with Crippen LogP contribution in [-0.2, 0) is 6.54 Å². The van der Waals surface area contributed by atoms with Crippen LogP contribution in [-0.4, -0.2) is 4.98 Å². The van der Waals surface area contributed by atoms with Crippen LogP contribution in [0.2, 0.25) is 0 Å². The van der Waals surface area contributed by atoms with Gasteiger partial charge in [0.1, 0.15) is 0 Å². The molecule has 15 heavy (non-hydrogen) atoms. The fourth-order valence-corrected chi connectivity index (χ4v) is 2.05. The molecule has 2 rings (SSSR count). The molecule has 2 aromatic rings. The summed E-state index contributed by atoms with van der Waals surface area (Å²) in [6, 6.07) is 2.25. The van der Waals surface area contributed by atoms with E-state index in [1.54, 1.807) is 23.9 Å². The lowest BCUT2D eigenvalue weighted by molar-refractivity contribution is 0.542. The minimum Gasteiger partial charge on any atom is -0.472 e. The molecular weight excluding hydrogens is 208 g/mol. The highest BCUT2D eigenvalue weighted by molar-refractivity contribution is 7.09. The molecule has 2 heterocycles. The van der Waals surface area contributed by atoms with E-state index in [0.29, 0.717) is 0 Å². The fourth-order valence-electron chi connectivity index (χ4n) is 1.35. The van der Waals surface area contributed by atoms with Gasteiger partial charge in [-0.3, -0.25) is 0 Å². The van der Waals surface area contributed by atoms with E-state index in [1.165, 1.54) is 0 Å². The molecule has 1 N–H and O–H groups in total. The number of aromatic nitrogens is 1. The highest BCUT2D eigenvalue weighted by Gasteiger charge is 2.08. The van der Waals surface area contributed by atoms with Crippen LogP contribution in [0, 0.1) is 6.92 Å². The highest BCUT2D eigenvalue weighted by Crippen LogP contribution is 2.16. The average molecular weight is 222 g/mol. The van der Waals surface area contributed by atoms with Crippen LogP contribution >= 0.6 is 11.3 Å². The Balaban J connectivity index is 1.90. The monoisotopic (exact) mass is 222 g/mol. The van der Waals surface area contributed by atoms with Crippen LogP contribution < -0.4 is 5.32 Å². The summed E-state index contributed by atoms with van der Waals surface area (Å²) >= 11 is 1.69. The Morgan fingerprint density at radius 2 is 2.47 bits per heavy atom. The van der Waals surface area contributed by atoms with Gasteiger partial charge in [0.15, 0.2) is 0 Å². The second-order valence-corrected chi connectivity index (χ2v) is 4.59. The molecule has 0 saturated heterocycles. The molecule has 0 amide bonds. The lowest BCUT2D eigenvalue weighted by atomic mass is 10.2. The topological polar surface area (TPSA) is 38.1 Å². The summed E-state index contributed by atoms with van der Waals surface area (Å²) in [4.78, 5) is 4.44. The van der Waals surface area contributed by atoms with E-state index in [0.717, 1.165) is 22.8 Å². The standard InChI is InChI=1S/C11H14N2OS/c1-8(11-7-15-9(2)13-11)12-5-10-3-4-14-6-10/h3-4,6-8,12H,5H2,1-2H3. The Morgan fingerprint density at radius 3 is 3.07 bits per heavy atom. The molecular formula is C11H14N2OS. The summed E-state index contributed by atoms with van der Waals surface area (Å²) in [5.74, 6) is 0. The van der Waals surface area contributed by atoms with Gasteiger partial charge in [-0.2, -0.15) is 0 Å². The van der Waals surface area contributed by atoms with Crippen LogP contribution in [0.25, 0.3) is 0 Å². The number of furan rings is 1. The maximum Gasteiger partial charge on any atom is 0.0947 e. The highest BCUT2D eigenvalue weighted by atomic mass is 32.1. The van der Waals surface area contributed by atoms with Gasteiger partial charge >= 0.3 is 0 Å². The zero-order valence-electron chi connectivity index (χ0n) is 8.86. The van der Waals surface area contributed by atoms with Crippen molar-refractivity contribution in [3.63, 3.8) is 0 Å². The van der Waals surface area contributed by atoms with E-state index in [1.807, 2.05) is 13.0 Å². The molecule has 1 atom stereocenters. The Kier molecular flexibility index (Phi) is 3.18. The minimum atomic E-state index is 0.282. The number of aryl methyl sites for hydroxylation is 1. The lowest BCUT2D eigenvalue weighted by Crippen LogP contribution is -2.17. The van der Waals surface area contributed by atoms with E-state index in [9.17, 15) is 0 Å². The van der Waals surface area contributed by atoms with Crippen molar-refractivity contribution >= 4 is 11.3 Å². The van der Waals surface area contributed by atoms with Crippen LogP contribution in [0.15, 0.2) is 28.4 Å². The molecule has 80 valence electrons. The number of thiazole rings is 1. The van der Waals surface area contributed by atoms with Crippen molar-refractivity contribution in [1.82, 2.24) is 10.3 Å². The van der Waals surface area contributed by atoms with Gasteiger partial charge in [-0.15, -0.1) is 11.3 Å². The summed E-state index contributed by atoms with van der Waals surface area (Å²) in [7, 11) is 0. The van der Waals surface area contributed by atoms with Crippen molar-refractivity contribution in [3.8, 4) is 0 Å². The maximum atomic E-state index is 5.00. The quantitative estimate of drug-likeness (QED) is 0.864. The number of hydrogen-bond acceptors (Lipinski definition) is 4. The van der Waals surface area contributed by atoms with Gasteiger partial charge in [0.2, 0.25) is 0 Å². The van der Waals surface area contributed by atoms with E-state index in [4.69, 9.17) is 4.42 Å². The number of rotatable bonds is 4. The molecule has 2 aromatic heterocycles. The van der Waals surface area contributed by atoms with Gasteiger partial charge in [-0.1, -0.05) is 0 Å². The largest absolute Gasteiger partial charge is 0.472 e. The molecule has 0 spiro atoms. The first-order valence-corrected chi connectivity index (χ1v) is 5.80. The number of hydrogen-bond donors (Lipinski definition) is 1. The first kappa shape index (κ1) is 10.4. The van der Waals surface area contributed by atoms with Gasteiger partial charge in [-0.05, 0) is 19.9 Å². The minimum absolute atomic E-state index is 0.282. The van der Waals surface area contributed by atoms with Crippen molar-refractivity contribution in [2.24, 2.45) is 0 Å². The molecule has 0 saturated carbocycles. The predicted octanol–water partition coefficient (Wildman–Crippen LogP) is 2.90. The molecule has 0 aromatic carbocycles. The van der Waals surface area contributed by atoms with Crippen LogP contribution in [0.1, 0.15) is 29.2 Å². The van der Waals surface area contributed by atoms with Crippen molar-refractivity contribution in [3.05, 3.63) is 40.2 Å². The summed E-state index contributed by atoms with van der Waals surface area (Å²) in [5.41, 5.74) is 2.27. The van der Waals surface area contributed by atoms with Gasteiger partial charge in [0.05, 0.1) is 23.2 Å². The molecule has 3 nitrogen and oxygen atoms in total. The predicted molar refractivity (Wildman–Crippen MR) is 60.8 cm³/mol. The molecule has 1 unspecified atom stereocenters. The second kappa shape index (κ2) is 4.59. The molecule has 0 fully saturated rings. The zero-order chi connectivity index (χ0) is 10.7. The van der Waals surface area contributed by atoms with Gasteiger partial charge < -0.3 is 9.73 Å². The number of nitrogens with zero attached hydrogens (tertiary/aromatic N) is 1. The number of nitrogens with one attached hydrogen (secondary N) is 1. The molecule has 0 aliphatic carbocycles. The molecule has 0 bridgehead atoms. The van der Waals surface area contributed by atoms with Crippen LogP contribution in [0.4, 0.5) is 0 Å². The molecule has 0 aliphatic rings. The normalized spacial score (nSPS) is 12.9. The smallest absolute Gasteiger partial charge is 0.0947 e. The lowest BCUT2D eigenvalue weighted by Gasteiger charge is -2.09. The summed E-state index contributed by atoms with van der Waals surface area (Å²) in [6.45, 7) is 4.96. The first-order valence-electron chi connectivity index (χ1n) is 4.92. The SMILES string of the molecule is Cc1nc(C(C)NCc2ccoc2)cs1. The Morgan fingerprint density at radius 1 is 1.60 bits per heavy atom. The van der Waals surface area contributed by atoms with Crippen LogP contribution in [0.5, 0.6) is 0 Å². The molecule has 4 heteroatoms. The van der Waals surface area contributed by atoms with Gasteiger partial charge in [-0.25, -0.2) is 4.98 Å². The Bertz CT molecular complexity index is 408. The van der Waals surface area contributed by atoms with E-state index >= 15 is 0 Å². The third-order valence-electron chi connectivity index (χ3n) is 2.27. The molecule has 0 aliphatic heterocycles. The Labute approximate surface area is 93.2 Å². The van der Waals surface area contributed by atoms with E-state index < -0.39 is 0 Å². The zero-order valence-corrected chi connectivity index (χ0v) is 9.67. The Hall–Kier alpha value is -1.13. The van der Waals surface area contributed by atoms with Crippen molar-refractivity contribution in [2.75, 3.05) is 0 Å². The van der Waals surface area contributed by atoms with Crippen molar-refractivity contribution < 1.29 is 4.42 Å². The maximum absolute atomic E-state index is 5.00. The van der Waals surface area contributed by atoms with Gasteiger partial charge in [0.25, 0.3) is 0 Å². The third-order valence-corrected chi connectivity index (χ3v) is 3.06. The third kappa shape index (κ3) is 2.67. The van der Waals surface area contributed by atoms with E-state index in [2.05, 4.69) is 22.6 Å². The second-order valence-electron chi connectivity index (χ2n) is 3.53.